The topological polar surface area (TPSA) is 46.3 Å². The third-order valence-corrected chi connectivity index (χ3v) is 4.81. The molecule has 4 heteroatoms. The summed E-state index contributed by atoms with van der Waals surface area (Å²) in [6, 6.07) is -0.332. The number of fused-ring (bicyclic) bond motifs is 1. The molecule has 0 aromatic carbocycles. The molecule has 2 saturated heterocycles. The van der Waals surface area contributed by atoms with Crippen molar-refractivity contribution < 1.29 is 4.79 Å². The number of carbonyl (C=O) groups excluding carboxylic acids is 1. The lowest BCUT2D eigenvalue weighted by Crippen LogP contribution is -2.62. The van der Waals surface area contributed by atoms with E-state index in [0.29, 0.717) is 5.37 Å². The molecule has 2 N–H and O–H groups in total. The molecule has 14 heavy (non-hydrogen) atoms. The lowest BCUT2D eigenvalue weighted by Gasteiger charge is -2.48. The summed E-state index contributed by atoms with van der Waals surface area (Å²) in [7, 11) is 0. The average molecular weight is 214 g/mol. The van der Waals surface area contributed by atoms with Crippen LogP contribution in [0.25, 0.3) is 0 Å². The molecule has 0 aliphatic carbocycles. The fourth-order valence-electron chi connectivity index (χ4n) is 2.18. The maximum Gasteiger partial charge on any atom is 0.241 e. The molecule has 1 amide bonds. The number of nitrogens with zero attached hydrogens (tertiary/aromatic N) is 1. The standard InChI is InChI=1S/C10H18N2OS/c1-10(2)8(11)9(13)12-6-4-3-5-7(12)14-10/h7-8H,3-6,11H2,1-2H3/t7?,8-/m1/s1. The zero-order valence-corrected chi connectivity index (χ0v) is 9.64. The molecule has 80 valence electrons. The lowest BCUT2D eigenvalue weighted by atomic mass is 10.0. The molecule has 2 rings (SSSR count). The van der Waals surface area contributed by atoms with Crippen molar-refractivity contribution in [1.82, 2.24) is 4.90 Å². The van der Waals surface area contributed by atoms with Crippen LogP contribution in [-0.2, 0) is 4.79 Å². The van der Waals surface area contributed by atoms with E-state index in [9.17, 15) is 4.79 Å². The molecule has 2 aliphatic heterocycles. The van der Waals surface area contributed by atoms with Gasteiger partial charge in [-0.2, -0.15) is 0 Å². The number of piperidine rings is 1. The quantitative estimate of drug-likeness (QED) is 0.658. The van der Waals surface area contributed by atoms with Crippen molar-refractivity contribution in [3.63, 3.8) is 0 Å². The lowest BCUT2D eigenvalue weighted by molar-refractivity contribution is -0.135. The van der Waals surface area contributed by atoms with Gasteiger partial charge in [-0.3, -0.25) is 4.79 Å². The Balaban J connectivity index is 2.20. The largest absolute Gasteiger partial charge is 0.329 e. The van der Waals surface area contributed by atoms with Gasteiger partial charge in [0.25, 0.3) is 0 Å². The first-order chi connectivity index (χ1) is 6.52. The molecule has 0 radical (unpaired) electrons. The van der Waals surface area contributed by atoms with Crippen LogP contribution >= 0.6 is 11.8 Å². The predicted molar refractivity (Wildman–Crippen MR) is 59.0 cm³/mol. The number of thioether (sulfide) groups is 1. The fraction of sp³-hybridized carbons (Fsp3) is 0.900. The van der Waals surface area contributed by atoms with Crippen LogP contribution in [0.3, 0.4) is 0 Å². The zero-order chi connectivity index (χ0) is 10.3. The van der Waals surface area contributed by atoms with E-state index in [-0.39, 0.29) is 16.7 Å². The van der Waals surface area contributed by atoms with Crippen LogP contribution in [0.4, 0.5) is 0 Å². The van der Waals surface area contributed by atoms with Crippen LogP contribution < -0.4 is 5.73 Å². The molecular formula is C10H18N2OS. The molecule has 0 spiro atoms. The Kier molecular flexibility index (Phi) is 2.52. The van der Waals surface area contributed by atoms with Gasteiger partial charge in [-0.25, -0.2) is 0 Å². The summed E-state index contributed by atoms with van der Waals surface area (Å²) in [5.74, 6) is 0.151. The summed E-state index contributed by atoms with van der Waals surface area (Å²) in [5.41, 5.74) is 5.95. The molecule has 0 aromatic rings. The van der Waals surface area contributed by atoms with E-state index < -0.39 is 0 Å². The highest BCUT2D eigenvalue weighted by Crippen LogP contribution is 2.41. The minimum Gasteiger partial charge on any atom is -0.329 e. The van der Waals surface area contributed by atoms with Crippen LogP contribution in [0, 0.1) is 0 Å². The Morgan fingerprint density at radius 3 is 2.93 bits per heavy atom. The highest BCUT2D eigenvalue weighted by Gasteiger charge is 2.45. The predicted octanol–water partition coefficient (Wildman–Crippen LogP) is 1.18. The van der Waals surface area contributed by atoms with E-state index >= 15 is 0 Å². The van der Waals surface area contributed by atoms with Crippen LogP contribution in [0.1, 0.15) is 33.1 Å². The van der Waals surface area contributed by atoms with Gasteiger partial charge in [-0.1, -0.05) is 0 Å². The summed E-state index contributed by atoms with van der Waals surface area (Å²) < 4.78 is -0.102. The average Bonchev–Trinajstić information content (AvgIpc) is 2.14. The van der Waals surface area contributed by atoms with Crippen LogP contribution in [0.2, 0.25) is 0 Å². The van der Waals surface area contributed by atoms with Gasteiger partial charge in [0.1, 0.15) is 0 Å². The normalized spacial score (nSPS) is 36.8. The van der Waals surface area contributed by atoms with Gasteiger partial charge in [-0.15, -0.1) is 11.8 Å². The Hall–Kier alpha value is -0.220. The maximum atomic E-state index is 12.0. The van der Waals surface area contributed by atoms with Gasteiger partial charge >= 0.3 is 0 Å². The highest BCUT2D eigenvalue weighted by molar-refractivity contribution is 8.01. The van der Waals surface area contributed by atoms with Crippen molar-refractivity contribution in [2.75, 3.05) is 6.54 Å². The second kappa shape index (κ2) is 3.42. The van der Waals surface area contributed by atoms with E-state index in [0.717, 1.165) is 19.4 Å². The van der Waals surface area contributed by atoms with E-state index in [2.05, 4.69) is 13.8 Å². The molecule has 0 bridgehead atoms. The van der Waals surface area contributed by atoms with Crippen molar-refractivity contribution in [3.8, 4) is 0 Å². The Labute approximate surface area is 89.4 Å². The number of carbonyl (C=O) groups is 1. The van der Waals surface area contributed by atoms with Gasteiger partial charge < -0.3 is 10.6 Å². The van der Waals surface area contributed by atoms with Crippen molar-refractivity contribution in [1.29, 1.82) is 0 Å². The van der Waals surface area contributed by atoms with Crippen molar-refractivity contribution in [2.24, 2.45) is 5.73 Å². The monoisotopic (exact) mass is 214 g/mol. The Morgan fingerprint density at radius 2 is 2.21 bits per heavy atom. The van der Waals surface area contributed by atoms with Gasteiger partial charge in [0.15, 0.2) is 0 Å². The maximum absolute atomic E-state index is 12.0. The van der Waals surface area contributed by atoms with Gasteiger partial charge in [-0.05, 0) is 33.1 Å². The van der Waals surface area contributed by atoms with Crippen molar-refractivity contribution >= 4 is 17.7 Å². The first-order valence-electron chi connectivity index (χ1n) is 5.26. The summed E-state index contributed by atoms with van der Waals surface area (Å²) in [4.78, 5) is 13.9. The van der Waals surface area contributed by atoms with Gasteiger partial charge in [0, 0.05) is 11.3 Å². The Bertz CT molecular complexity index is 255. The third-order valence-electron chi connectivity index (χ3n) is 3.19. The second-order valence-electron chi connectivity index (χ2n) is 4.68. The highest BCUT2D eigenvalue weighted by atomic mass is 32.2. The SMILES string of the molecule is CC1(C)SC2CCCCN2C(=O)[C@H]1N. The number of amides is 1. The summed E-state index contributed by atoms with van der Waals surface area (Å²) in [6.45, 7) is 5.05. The van der Waals surface area contributed by atoms with Crippen molar-refractivity contribution in [3.05, 3.63) is 0 Å². The van der Waals surface area contributed by atoms with Crippen LogP contribution in [0.5, 0.6) is 0 Å². The molecule has 2 aliphatic rings. The minimum absolute atomic E-state index is 0.102. The summed E-state index contributed by atoms with van der Waals surface area (Å²) in [6.07, 6.45) is 3.51. The molecule has 2 atom stereocenters. The minimum atomic E-state index is -0.332. The first kappa shape index (κ1) is 10.3. The smallest absolute Gasteiger partial charge is 0.241 e. The van der Waals surface area contributed by atoms with Crippen molar-refractivity contribution in [2.45, 2.75) is 49.3 Å². The molecule has 0 aromatic heterocycles. The number of rotatable bonds is 0. The number of hydrogen-bond acceptors (Lipinski definition) is 3. The fourth-order valence-corrected chi connectivity index (χ4v) is 3.75. The molecular weight excluding hydrogens is 196 g/mol. The van der Waals surface area contributed by atoms with E-state index in [1.807, 2.05) is 16.7 Å². The number of hydrogen-bond donors (Lipinski definition) is 1. The van der Waals surface area contributed by atoms with E-state index in [4.69, 9.17) is 5.73 Å². The summed E-state index contributed by atoms with van der Waals surface area (Å²) in [5, 5.41) is 0.381. The molecule has 3 nitrogen and oxygen atoms in total. The van der Waals surface area contributed by atoms with Crippen LogP contribution in [0.15, 0.2) is 0 Å². The zero-order valence-electron chi connectivity index (χ0n) is 8.82. The van der Waals surface area contributed by atoms with E-state index in [1.165, 1.54) is 6.42 Å². The third kappa shape index (κ3) is 1.54. The summed E-state index contributed by atoms with van der Waals surface area (Å²) >= 11 is 1.86. The molecule has 0 saturated carbocycles. The second-order valence-corrected chi connectivity index (χ2v) is 6.51. The van der Waals surface area contributed by atoms with Gasteiger partial charge in [0.05, 0.1) is 11.4 Å². The Morgan fingerprint density at radius 1 is 1.50 bits per heavy atom. The van der Waals surface area contributed by atoms with E-state index in [1.54, 1.807) is 0 Å². The first-order valence-corrected chi connectivity index (χ1v) is 6.14. The van der Waals surface area contributed by atoms with Crippen LogP contribution in [-0.4, -0.2) is 33.5 Å². The molecule has 2 heterocycles. The number of nitrogens with two attached hydrogens (primary N) is 1. The molecule has 1 unspecified atom stereocenters. The van der Waals surface area contributed by atoms with Gasteiger partial charge in [0.2, 0.25) is 5.91 Å². The molecule has 2 fully saturated rings.